The van der Waals surface area contributed by atoms with Crippen LogP contribution in [0.15, 0.2) is 0 Å². The minimum atomic E-state index is -0.972. The van der Waals surface area contributed by atoms with Gasteiger partial charge in [0.25, 0.3) is 0 Å². The Kier molecular flexibility index (Phi) is 3.91. The third kappa shape index (κ3) is 2.79. The lowest BCUT2D eigenvalue weighted by Crippen LogP contribution is -2.48. The van der Waals surface area contributed by atoms with Gasteiger partial charge in [0.1, 0.15) is 0 Å². The predicted octanol–water partition coefficient (Wildman–Crippen LogP) is 1.42. The number of carboxylic acid groups (broad SMARTS) is 1. The average molecular weight is 297 g/mol. The number of ether oxygens (including phenoxy) is 1. The number of aromatic nitrogens is 1. The smallest absolute Gasteiger partial charge is 0.355 e. The van der Waals surface area contributed by atoms with Gasteiger partial charge >= 0.3 is 5.97 Å². The van der Waals surface area contributed by atoms with Crippen LogP contribution in [0, 0.1) is 6.92 Å². The molecule has 0 aromatic carbocycles. The Bertz CT molecular complexity index is 505. The van der Waals surface area contributed by atoms with Crippen molar-refractivity contribution < 1.29 is 14.6 Å². The fraction of sp³-hybridized carbons (Fsp3) is 0.692. The van der Waals surface area contributed by atoms with E-state index in [0.29, 0.717) is 17.7 Å². The highest BCUT2D eigenvalue weighted by molar-refractivity contribution is 7.15. The molecule has 0 aliphatic carbocycles. The highest BCUT2D eigenvalue weighted by Gasteiger charge is 2.32. The molecule has 2 unspecified atom stereocenters. The molecule has 20 heavy (non-hydrogen) atoms. The van der Waals surface area contributed by atoms with Crippen molar-refractivity contribution in [1.29, 1.82) is 0 Å². The maximum Gasteiger partial charge on any atom is 0.355 e. The van der Waals surface area contributed by atoms with E-state index >= 15 is 0 Å². The molecule has 3 heterocycles. The molecule has 3 rings (SSSR count). The first-order valence-electron chi connectivity index (χ1n) is 6.93. The van der Waals surface area contributed by atoms with Gasteiger partial charge in [-0.25, -0.2) is 9.78 Å². The zero-order valence-electron chi connectivity index (χ0n) is 11.5. The molecule has 0 saturated carbocycles. The van der Waals surface area contributed by atoms with Gasteiger partial charge in [-0.2, -0.15) is 0 Å². The van der Waals surface area contributed by atoms with E-state index in [0.717, 1.165) is 18.0 Å². The van der Waals surface area contributed by atoms with Crippen LogP contribution in [-0.4, -0.2) is 59.3 Å². The molecule has 2 fully saturated rings. The number of thiazole rings is 1. The Hall–Kier alpha value is -1.18. The Morgan fingerprint density at radius 3 is 3.25 bits per heavy atom. The number of fused-ring (bicyclic) bond motifs is 1. The lowest BCUT2D eigenvalue weighted by atomic mass is 10.2. The summed E-state index contributed by atoms with van der Waals surface area (Å²) in [6, 6.07) is 0.604. The molecule has 7 heteroatoms. The summed E-state index contributed by atoms with van der Waals surface area (Å²) in [5.41, 5.74) is 0.140. The van der Waals surface area contributed by atoms with Gasteiger partial charge in [0.2, 0.25) is 0 Å². The zero-order chi connectivity index (χ0) is 14.1. The van der Waals surface area contributed by atoms with E-state index in [1.54, 1.807) is 6.92 Å². The van der Waals surface area contributed by atoms with E-state index < -0.39 is 5.97 Å². The maximum absolute atomic E-state index is 11.0. The van der Waals surface area contributed by atoms with E-state index in [2.05, 4.69) is 15.2 Å². The van der Waals surface area contributed by atoms with Crippen molar-refractivity contribution in [3.05, 3.63) is 10.6 Å². The fourth-order valence-corrected chi connectivity index (χ4v) is 3.69. The minimum Gasteiger partial charge on any atom is -0.476 e. The summed E-state index contributed by atoms with van der Waals surface area (Å²) < 4.78 is 5.85. The number of nitrogens with one attached hydrogen (secondary N) is 1. The van der Waals surface area contributed by atoms with Gasteiger partial charge in [-0.15, -0.1) is 11.3 Å². The second-order valence-electron chi connectivity index (χ2n) is 5.36. The molecule has 1 aromatic rings. The minimum absolute atomic E-state index is 0.140. The molecular weight excluding hydrogens is 278 g/mol. The van der Waals surface area contributed by atoms with Crippen LogP contribution in [-0.2, 0) is 4.74 Å². The van der Waals surface area contributed by atoms with Gasteiger partial charge in [-0.1, -0.05) is 0 Å². The molecule has 2 N–H and O–H groups in total. The molecule has 2 aliphatic rings. The second-order valence-corrected chi connectivity index (χ2v) is 6.56. The predicted molar refractivity (Wildman–Crippen MR) is 76.6 cm³/mol. The summed E-state index contributed by atoms with van der Waals surface area (Å²) in [5.74, 6) is -0.972. The quantitative estimate of drug-likeness (QED) is 0.875. The van der Waals surface area contributed by atoms with Crippen molar-refractivity contribution in [1.82, 2.24) is 9.88 Å². The molecule has 0 amide bonds. The van der Waals surface area contributed by atoms with Crippen LogP contribution in [0.4, 0.5) is 5.13 Å². The second kappa shape index (κ2) is 5.67. The van der Waals surface area contributed by atoms with Crippen molar-refractivity contribution in [3.8, 4) is 0 Å². The first-order chi connectivity index (χ1) is 9.63. The molecule has 0 spiro atoms. The Morgan fingerprint density at radius 2 is 2.50 bits per heavy atom. The largest absolute Gasteiger partial charge is 0.476 e. The van der Waals surface area contributed by atoms with Crippen LogP contribution in [0.2, 0.25) is 0 Å². The van der Waals surface area contributed by atoms with E-state index in [1.807, 2.05) is 0 Å². The summed E-state index contributed by atoms with van der Waals surface area (Å²) in [6.45, 7) is 5.38. The standard InChI is InChI=1S/C13H19N3O3S/c1-8-11(12(17)18)15-13(20-8)14-5-10-6-16-4-2-3-9(16)7-19-10/h9-10H,2-7H2,1H3,(H,14,15)(H,17,18). The van der Waals surface area contributed by atoms with Gasteiger partial charge < -0.3 is 15.2 Å². The fourth-order valence-electron chi connectivity index (χ4n) is 2.88. The monoisotopic (exact) mass is 297 g/mol. The first kappa shape index (κ1) is 13.8. The number of carbonyl (C=O) groups is 1. The van der Waals surface area contributed by atoms with Crippen LogP contribution in [0.1, 0.15) is 28.2 Å². The van der Waals surface area contributed by atoms with Crippen LogP contribution < -0.4 is 5.32 Å². The van der Waals surface area contributed by atoms with E-state index in [4.69, 9.17) is 9.84 Å². The van der Waals surface area contributed by atoms with Crippen molar-refractivity contribution >= 4 is 22.4 Å². The molecule has 110 valence electrons. The number of morpholine rings is 1. The lowest BCUT2D eigenvalue weighted by molar-refractivity contribution is -0.0415. The zero-order valence-corrected chi connectivity index (χ0v) is 12.3. The number of aryl methyl sites for hydroxylation is 1. The summed E-state index contributed by atoms with van der Waals surface area (Å²) in [4.78, 5) is 18.3. The number of aromatic carboxylic acids is 1. The number of hydrogen-bond acceptors (Lipinski definition) is 6. The molecule has 2 aliphatic heterocycles. The van der Waals surface area contributed by atoms with Crippen molar-refractivity contribution in [2.24, 2.45) is 0 Å². The molecule has 1 aromatic heterocycles. The summed E-state index contributed by atoms with van der Waals surface area (Å²) in [7, 11) is 0. The average Bonchev–Trinajstić information content (AvgIpc) is 3.01. The van der Waals surface area contributed by atoms with Crippen LogP contribution in [0.5, 0.6) is 0 Å². The van der Waals surface area contributed by atoms with Crippen LogP contribution >= 0.6 is 11.3 Å². The molecular formula is C13H19N3O3S. The SMILES string of the molecule is Cc1sc(NCC2CN3CCCC3CO2)nc1C(=O)O. The normalized spacial score (nSPS) is 26.4. The van der Waals surface area contributed by atoms with E-state index in [-0.39, 0.29) is 11.8 Å². The lowest BCUT2D eigenvalue weighted by Gasteiger charge is -2.35. The summed E-state index contributed by atoms with van der Waals surface area (Å²) >= 11 is 1.38. The number of hydrogen-bond donors (Lipinski definition) is 2. The highest BCUT2D eigenvalue weighted by atomic mass is 32.1. The third-order valence-electron chi connectivity index (χ3n) is 3.94. The maximum atomic E-state index is 11.0. The van der Waals surface area contributed by atoms with Gasteiger partial charge in [0.15, 0.2) is 10.8 Å². The Balaban J connectivity index is 1.54. The number of carboxylic acids is 1. The first-order valence-corrected chi connectivity index (χ1v) is 7.75. The number of nitrogens with zero attached hydrogens (tertiary/aromatic N) is 2. The van der Waals surface area contributed by atoms with Crippen molar-refractivity contribution in [2.75, 3.05) is 31.6 Å². The van der Waals surface area contributed by atoms with Crippen molar-refractivity contribution in [2.45, 2.75) is 31.9 Å². The topological polar surface area (TPSA) is 74.7 Å². The molecule has 2 saturated heterocycles. The van der Waals surface area contributed by atoms with Gasteiger partial charge in [-0.05, 0) is 26.3 Å². The van der Waals surface area contributed by atoms with E-state index in [9.17, 15) is 4.79 Å². The van der Waals surface area contributed by atoms with Crippen molar-refractivity contribution in [3.63, 3.8) is 0 Å². The Labute approximate surface area is 121 Å². The van der Waals surface area contributed by atoms with Gasteiger partial charge in [0.05, 0.1) is 12.7 Å². The molecule has 0 radical (unpaired) electrons. The number of rotatable bonds is 4. The number of anilines is 1. The molecule has 0 bridgehead atoms. The molecule has 6 nitrogen and oxygen atoms in total. The summed E-state index contributed by atoms with van der Waals surface area (Å²) in [6.07, 6.45) is 2.66. The molecule has 2 atom stereocenters. The van der Waals surface area contributed by atoms with E-state index in [1.165, 1.54) is 30.7 Å². The van der Waals surface area contributed by atoms with Crippen LogP contribution in [0.25, 0.3) is 0 Å². The highest BCUT2D eigenvalue weighted by Crippen LogP contribution is 2.24. The Morgan fingerprint density at radius 1 is 1.65 bits per heavy atom. The van der Waals surface area contributed by atoms with Gasteiger partial charge in [-0.3, -0.25) is 4.90 Å². The van der Waals surface area contributed by atoms with Crippen LogP contribution in [0.3, 0.4) is 0 Å². The van der Waals surface area contributed by atoms with Gasteiger partial charge in [0, 0.05) is 24.0 Å². The summed E-state index contributed by atoms with van der Waals surface area (Å²) in [5, 5.41) is 12.8. The third-order valence-corrected chi connectivity index (χ3v) is 4.87.